The topological polar surface area (TPSA) is 67.8 Å². The van der Waals surface area contributed by atoms with Crippen LogP contribution in [0.3, 0.4) is 0 Å². The summed E-state index contributed by atoms with van der Waals surface area (Å²) in [5.41, 5.74) is 0.492. The largest absolute Gasteiger partial charge is 0.493 e. The molecule has 0 aliphatic carbocycles. The molecular weight excluding hydrogens is 382 g/mol. The maximum Gasteiger partial charge on any atom is 0.251 e. The number of amides is 1. The number of ether oxygens (including phenoxy) is 2. The number of hydrogen-bond acceptors (Lipinski definition) is 5. The van der Waals surface area contributed by atoms with Gasteiger partial charge in [0.25, 0.3) is 5.91 Å². The maximum atomic E-state index is 12.0. The van der Waals surface area contributed by atoms with Gasteiger partial charge in [-0.2, -0.15) is 0 Å². The molecule has 1 heterocycles. The number of thiophene rings is 1. The van der Waals surface area contributed by atoms with E-state index in [4.69, 9.17) is 14.6 Å². The third kappa shape index (κ3) is 5.23. The van der Waals surface area contributed by atoms with Gasteiger partial charge in [-0.15, -0.1) is 11.3 Å². The molecule has 1 aromatic carbocycles. The van der Waals surface area contributed by atoms with Gasteiger partial charge in [-0.25, -0.2) is 0 Å². The van der Waals surface area contributed by atoms with Crippen LogP contribution in [-0.2, 0) is 6.61 Å². The van der Waals surface area contributed by atoms with E-state index in [9.17, 15) is 4.79 Å². The van der Waals surface area contributed by atoms with Gasteiger partial charge in [-0.1, -0.05) is 0 Å². The van der Waals surface area contributed by atoms with Crippen LogP contribution in [0.25, 0.3) is 0 Å². The lowest BCUT2D eigenvalue weighted by Gasteiger charge is -2.12. The first-order valence-corrected chi connectivity index (χ1v) is 8.69. The third-order valence-corrected chi connectivity index (χ3v) is 4.64. The zero-order valence-electron chi connectivity index (χ0n) is 12.7. The normalized spacial score (nSPS) is 10.4. The highest BCUT2D eigenvalue weighted by Crippen LogP contribution is 2.30. The molecule has 0 fully saturated rings. The Kier molecular flexibility index (Phi) is 6.88. The molecule has 0 saturated carbocycles. The summed E-state index contributed by atoms with van der Waals surface area (Å²) in [4.78, 5) is 13.1. The van der Waals surface area contributed by atoms with Gasteiger partial charge in [0.2, 0.25) is 0 Å². The van der Waals surface area contributed by atoms with Gasteiger partial charge >= 0.3 is 0 Å². The summed E-state index contributed by atoms with van der Waals surface area (Å²) >= 11 is 5.02. The van der Waals surface area contributed by atoms with E-state index in [0.29, 0.717) is 36.6 Å². The van der Waals surface area contributed by atoms with Crippen molar-refractivity contribution in [1.29, 1.82) is 0 Å². The summed E-state index contributed by atoms with van der Waals surface area (Å²) in [6, 6.07) is 9.03. The van der Waals surface area contributed by atoms with Crippen molar-refractivity contribution in [3.8, 4) is 11.5 Å². The fourth-order valence-electron chi connectivity index (χ4n) is 1.89. The Morgan fingerprint density at radius 3 is 2.78 bits per heavy atom. The van der Waals surface area contributed by atoms with E-state index in [1.54, 1.807) is 29.5 Å². The first-order valence-electron chi connectivity index (χ1n) is 7.08. The van der Waals surface area contributed by atoms with Crippen LogP contribution in [0.5, 0.6) is 11.5 Å². The van der Waals surface area contributed by atoms with Crippen LogP contribution >= 0.6 is 27.3 Å². The zero-order chi connectivity index (χ0) is 16.7. The number of halogens is 1. The van der Waals surface area contributed by atoms with Gasteiger partial charge in [0.15, 0.2) is 11.5 Å². The van der Waals surface area contributed by atoms with Gasteiger partial charge in [0.1, 0.15) is 6.61 Å². The minimum Gasteiger partial charge on any atom is -0.493 e. The second-order valence-electron chi connectivity index (χ2n) is 4.69. The summed E-state index contributed by atoms with van der Waals surface area (Å²) < 4.78 is 12.1. The standard InChI is InChI=1S/C16H18BrNO4S/c1-21-14-9-11(16(20)18-7-2-8-19)3-5-13(14)22-10-12-4-6-15(17)23-12/h3-6,9,19H,2,7-8,10H2,1H3,(H,18,20). The lowest BCUT2D eigenvalue weighted by molar-refractivity contribution is 0.0950. The van der Waals surface area contributed by atoms with E-state index in [-0.39, 0.29) is 12.5 Å². The van der Waals surface area contributed by atoms with Gasteiger partial charge in [0.05, 0.1) is 10.9 Å². The number of hydrogen-bond donors (Lipinski definition) is 2. The van der Waals surface area contributed by atoms with Crippen molar-refractivity contribution in [2.24, 2.45) is 0 Å². The first kappa shape index (κ1) is 17.8. The van der Waals surface area contributed by atoms with Crippen LogP contribution in [0.2, 0.25) is 0 Å². The molecule has 2 rings (SSSR count). The van der Waals surface area contributed by atoms with Crippen molar-refractivity contribution in [1.82, 2.24) is 5.32 Å². The molecule has 7 heteroatoms. The molecule has 1 aromatic heterocycles. The van der Waals surface area contributed by atoms with Crippen molar-refractivity contribution >= 4 is 33.2 Å². The molecular formula is C16H18BrNO4S. The second-order valence-corrected chi connectivity index (χ2v) is 7.24. The zero-order valence-corrected chi connectivity index (χ0v) is 15.1. The maximum absolute atomic E-state index is 12.0. The van der Waals surface area contributed by atoms with Crippen molar-refractivity contribution in [3.63, 3.8) is 0 Å². The Balaban J connectivity index is 2.02. The molecule has 23 heavy (non-hydrogen) atoms. The highest BCUT2D eigenvalue weighted by Gasteiger charge is 2.11. The number of nitrogens with one attached hydrogen (secondary N) is 1. The molecule has 124 valence electrons. The summed E-state index contributed by atoms with van der Waals surface area (Å²) in [5, 5.41) is 11.5. The fraction of sp³-hybridized carbons (Fsp3) is 0.312. The van der Waals surface area contributed by atoms with Crippen LogP contribution in [0.15, 0.2) is 34.1 Å². The molecule has 0 atom stereocenters. The van der Waals surface area contributed by atoms with Gasteiger partial charge in [0, 0.05) is 23.6 Å². The number of aliphatic hydroxyl groups excluding tert-OH is 1. The fourth-order valence-corrected chi connectivity index (χ4v) is 3.29. The molecule has 1 amide bonds. The Bertz CT molecular complexity index is 659. The summed E-state index contributed by atoms with van der Waals surface area (Å²) in [7, 11) is 1.54. The molecule has 2 N–H and O–H groups in total. The van der Waals surface area contributed by atoms with Crippen LogP contribution in [0, 0.1) is 0 Å². The third-order valence-electron chi connectivity index (χ3n) is 3.05. The number of methoxy groups -OCH3 is 1. The highest BCUT2D eigenvalue weighted by atomic mass is 79.9. The molecule has 0 aliphatic heterocycles. The van der Waals surface area contributed by atoms with Crippen molar-refractivity contribution in [3.05, 3.63) is 44.6 Å². The predicted octanol–water partition coefficient (Wildman–Crippen LogP) is 3.21. The molecule has 0 radical (unpaired) electrons. The average molecular weight is 400 g/mol. The molecule has 0 unspecified atom stereocenters. The van der Waals surface area contributed by atoms with E-state index < -0.39 is 0 Å². The van der Waals surface area contributed by atoms with Gasteiger partial charge in [-0.05, 0) is 52.7 Å². The van der Waals surface area contributed by atoms with Crippen molar-refractivity contribution in [2.75, 3.05) is 20.3 Å². The Labute approximate surface area is 147 Å². The minimum absolute atomic E-state index is 0.0508. The van der Waals surface area contributed by atoms with Crippen LogP contribution < -0.4 is 14.8 Å². The molecule has 0 spiro atoms. The molecule has 5 nitrogen and oxygen atoms in total. The van der Waals surface area contributed by atoms with Gasteiger partial charge < -0.3 is 19.9 Å². The summed E-state index contributed by atoms with van der Waals surface area (Å²) in [5.74, 6) is 0.893. The Hall–Kier alpha value is -1.57. The smallest absolute Gasteiger partial charge is 0.251 e. The predicted molar refractivity (Wildman–Crippen MR) is 93.4 cm³/mol. The molecule has 0 aliphatic rings. The second kappa shape index (κ2) is 8.90. The van der Waals surface area contributed by atoms with E-state index in [1.165, 1.54) is 7.11 Å². The highest BCUT2D eigenvalue weighted by molar-refractivity contribution is 9.11. The molecule has 0 saturated heterocycles. The first-order chi connectivity index (χ1) is 11.1. The quantitative estimate of drug-likeness (QED) is 0.668. The lowest BCUT2D eigenvalue weighted by atomic mass is 10.2. The van der Waals surface area contributed by atoms with Crippen molar-refractivity contribution < 1.29 is 19.4 Å². The Morgan fingerprint density at radius 2 is 2.13 bits per heavy atom. The SMILES string of the molecule is COc1cc(C(=O)NCCCO)ccc1OCc1ccc(Br)s1. The van der Waals surface area contributed by atoms with Crippen LogP contribution in [0.1, 0.15) is 21.7 Å². The molecule has 0 bridgehead atoms. The van der Waals surface area contributed by atoms with Crippen LogP contribution in [-0.4, -0.2) is 31.3 Å². The Morgan fingerprint density at radius 1 is 1.30 bits per heavy atom. The molecule has 2 aromatic rings. The average Bonchev–Trinajstić information content (AvgIpc) is 2.98. The number of carbonyl (C=O) groups is 1. The number of benzene rings is 1. The summed E-state index contributed by atoms with van der Waals surface area (Å²) in [6.45, 7) is 0.924. The monoisotopic (exact) mass is 399 g/mol. The van der Waals surface area contributed by atoms with E-state index in [1.807, 2.05) is 12.1 Å². The van der Waals surface area contributed by atoms with Crippen LogP contribution in [0.4, 0.5) is 0 Å². The minimum atomic E-state index is -0.203. The number of carbonyl (C=O) groups excluding carboxylic acids is 1. The number of aliphatic hydroxyl groups is 1. The van der Waals surface area contributed by atoms with Gasteiger partial charge in [-0.3, -0.25) is 4.79 Å². The van der Waals surface area contributed by atoms with E-state index >= 15 is 0 Å². The lowest BCUT2D eigenvalue weighted by Crippen LogP contribution is -2.25. The number of rotatable bonds is 8. The van der Waals surface area contributed by atoms with E-state index in [0.717, 1.165) is 8.66 Å². The summed E-state index contributed by atoms with van der Waals surface area (Å²) in [6.07, 6.45) is 0.528. The van der Waals surface area contributed by atoms with Crippen molar-refractivity contribution in [2.45, 2.75) is 13.0 Å². The van der Waals surface area contributed by atoms with E-state index in [2.05, 4.69) is 21.2 Å².